The Balaban J connectivity index is 2.93. The summed E-state index contributed by atoms with van der Waals surface area (Å²) in [5.41, 5.74) is 0. The zero-order chi connectivity index (χ0) is 6.57. The molecule has 0 aliphatic rings. The second kappa shape index (κ2) is 4.49. The van der Waals surface area contributed by atoms with Crippen molar-refractivity contribution in [2.45, 2.75) is 17.8 Å². The Morgan fingerprint density at radius 1 is 1.62 bits per heavy atom. The molecule has 0 heterocycles. The molecule has 0 amide bonds. The normalized spacial score (nSPS) is 11.8. The fraction of sp³-hybridized carbons (Fsp3) is 1.00. The summed E-state index contributed by atoms with van der Waals surface area (Å²) in [5, 5.41) is 10.6. The third kappa shape index (κ3) is 6.61. The van der Waals surface area contributed by atoms with Crippen LogP contribution in [0.1, 0.15) is 13.8 Å². The van der Waals surface area contributed by atoms with E-state index in [9.17, 15) is 5.21 Å². The van der Waals surface area contributed by atoms with Crippen molar-refractivity contribution in [2.24, 2.45) is 0 Å². The van der Waals surface area contributed by atoms with Crippen LogP contribution < -0.4 is 21.6 Å². The van der Waals surface area contributed by atoms with Crippen LogP contribution in [0.5, 0.6) is 0 Å². The third-order valence-electron chi connectivity index (χ3n) is 0.315. The van der Waals surface area contributed by atoms with Crippen molar-refractivity contribution in [1.29, 1.82) is 0 Å². The zero-order valence-electron chi connectivity index (χ0n) is 5.22. The number of hydroxylamine groups is 2. The molecule has 0 atom stereocenters. The van der Waals surface area contributed by atoms with Gasteiger partial charge in [-0.15, -0.1) is 0 Å². The average molecular weight is 231 g/mol. The van der Waals surface area contributed by atoms with E-state index in [1.165, 1.54) is 7.05 Å². The molecule has 0 aromatic heterocycles. The first-order valence-corrected chi connectivity index (χ1v) is 4.47. The maximum absolute atomic E-state index is 10.1. The Morgan fingerprint density at radius 2 is 2.12 bits per heavy atom. The van der Waals surface area contributed by atoms with Crippen LogP contribution in [0, 0.1) is 5.21 Å². The quantitative estimate of drug-likeness (QED) is 0.313. The summed E-state index contributed by atoms with van der Waals surface area (Å²) in [4.78, 5) is 0. The van der Waals surface area contributed by atoms with Gasteiger partial charge in [0, 0.05) is 0 Å². The standard InChI is InChI=1S/C4H10INO2/c1-4(2)5-8-6(3)7/h4H,1-3H3/q-2. The van der Waals surface area contributed by atoms with Crippen molar-refractivity contribution in [3.63, 3.8) is 0 Å². The molecule has 0 saturated carbocycles. The Labute approximate surface area is 60.3 Å². The molecule has 0 aromatic rings. The molecule has 0 aromatic carbocycles. The molecule has 52 valence electrons. The number of hydrogen-bond acceptors (Lipinski definition) is 3. The number of rotatable bonds is 3. The van der Waals surface area contributed by atoms with E-state index < -0.39 is 0 Å². The van der Waals surface area contributed by atoms with Gasteiger partial charge in [-0.2, -0.15) is 0 Å². The Morgan fingerprint density at radius 3 is 2.25 bits per heavy atom. The van der Waals surface area contributed by atoms with Crippen LogP contribution in [-0.4, -0.2) is 16.2 Å². The monoisotopic (exact) mass is 231 g/mol. The van der Waals surface area contributed by atoms with Crippen LogP contribution in [0.4, 0.5) is 0 Å². The molecule has 0 spiro atoms. The van der Waals surface area contributed by atoms with Crippen molar-refractivity contribution in [3.05, 3.63) is 5.21 Å². The van der Waals surface area contributed by atoms with Gasteiger partial charge < -0.3 is 0 Å². The minimum absolute atomic E-state index is 0.362. The number of halogens is 1. The summed E-state index contributed by atoms with van der Waals surface area (Å²) >= 11 is -0.362. The summed E-state index contributed by atoms with van der Waals surface area (Å²) < 4.78 is 5.22. The van der Waals surface area contributed by atoms with E-state index in [0.717, 1.165) is 0 Å². The molecule has 0 aliphatic carbocycles. The number of nitrogens with zero attached hydrogens (tertiary/aromatic N) is 1. The average Bonchev–Trinajstić information content (AvgIpc) is 1.61. The van der Waals surface area contributed by atoms with Gasteiger partial charge in [0.05, 0.1) is 0 Å². The van der Waals surface area contributed by atoms with Gasteiger partial charge in [0.2, 0.25) is 0 Å². The summed E-state index contributed by atoms with van der Waals surface area (Å²) in [6, 6.07) is 0. The second-order valence-corrected chi connectivity index (χ2v) is 5.01. The number of hydrogen-bond donors (Lipinski definition) is 0. The molecule has 8 heavy (non-hydrogen) atoms. The van der Waals surface area contributed by atoms with Gasteiger partial charge in [-0.05, 0) is 0 Å². The van der Waals surface area contributed by atoms with Crippen LogP contribution in [-0.2, 0) is 3.17 Å². The van der Waals surface area contributed by atoms with E-state index >= 15 is 0 Å². The molecule has 0 fully saturated rings. The van der Waals surface area contributed by atoms with Gasteiger partial charge in [-0.3, -0.25) is 0 Å². The van der Waals surface area contributed by atoms with Gasteiger partial charge >= 0.3 is 60.0 Å². The molecule has 0 bridgehead atoms. The first-order chi connectivity index (χ1) is 3.63. The SMILES string of the molecule is CC(C)[I-]ON(C)[O-]. The van der Waals surface area contributed by atoms with Crippen molar-refractivity contribution >= 4 is 0 Å². The molecular formula is C4H10INO2-2. The Kier molecular flexibility index (Phi) is 4.83. The third-order valence-corrected chi connectivity index (χ3v) is 2.11. The van der Waals surface area contributed by atoms with Crippen LogP contribution in [0.15, 0.2) is 0 Å². The van der Waals surface area contributed by atoms with Crippen molar-refractivity contribution in [3.8, 4) is 0 Å². The topological polar surface area (TPSA) is 35.5 Å². The van der Waals surface area contributed by atoms with Gasteiger partial charge in [0.1, 0.15) is 0 Å². The van der Waals surface area contributed by atoms with Crippen molar-refractivity contribution in [2.75, 3.05) is 7.05 Å². The van der Waals surface area contributed by atoms with Gasteiger partial charge in [-0.1, -0.05) is 0 Å². The molecule has 0 rings (SSSR count). The zero-order valence-corrected chi connectivity index (χ0v) is 7.38. The van der Waals surface area contributed by atoms with Gasteiger partial charge in [0.15, 0.2) is 0 Å². The molecule has 3 nitrogen and oxygen atoms in total. The van der Waals surface area contributed by atoms with E-state index in [1.807, 2.05) is 13.8 Å². The number of alkyl halides is 1. The second-order valence-electron chi connectivity index (χ2n) is 1.61. The van der Waals surface area contributed by atoms with E-state index in [-0.39, 0.29) is 21.6 Å². The van der Waals surface area contributed by atoms with Gasteiger partial charge in [-0.25, -0.2) is 0 Å². The van der Waals surface area contributed by atoms with Crippen LogP contribution in [0.25, 0.3) is 0 Å². The molecule has 0 saturated heterocycles. The first-order valence-electron chi connectivity index (χ1n) is 2.34. The van der Waals surface area contributed by atoms with Crippen LogP contribution >= 0.6 is 0 Å². The fourth-order valence-corrected chi connectivity index (χ4v) is 0.911. The molecule has 4 heteroatoms. The fourth-order valence-electron chi connectivity index (χ4n) is 0.136. The summed E-state index contributed by atoms with van der Waals surface area (Å²) in [7, 11) is 1.36. The first kappa shape index (κ1) is 8.61. The van der Waals surface area contributed by atoms with E-state index in [4.69, 9.17) is 3.17 Å². The molecule has 0 radical (unpaired) electrons. The predicted octanol–water partition coefficient (Wildman–Crippen LogP) is -2.24. The van der Waals surface area contributed by atoms with E-state index in [2.05, 4.69) is 0 Å². The van der Waals surface area contributed by atoms with Crippen molar-refractivity contribution in [1.82, 2.24) is 5.23 Å². The van der Waals surface area contributed by atoms with Gasteiger partial charge in [0.25, 0.3) is 0 Å². The molecule has 0 unspecified atom stereocenters. The molecule has 0 N–H and O–H groups in total. The summed E-state index contributed by atoms with van der Waals surface area (Å²) in [6.07, 6.45) is 0. The summed E-state index contributed by atoms with van der Waals surface area (Å²) in [6.45, 7) is 4.08. The molecule has 0 aliphatic heterocycles. The van der Waals surface area contributed by atoms with E-state index in [0.29, 0.717) is 9.15 Å². The van der Waals surface area contributed by atoms with Crippen molar-refractivity contribution < 1.29 is 24.8 Å². The maximum atomic E-state index is 10.1. The molecular weight excluding hydrogens is 221 g/mol. The van der Waals surface area contributed by atoms with Crippen LogP contribution in [0.3, 0.4) is 0 Å². The summed E-state index contributed by atoms with van der Waals surface area (Å²) in [5.74, 6) is 0. The van der Waals surface area contributed by atoms with Crippen LogP contribution in [0.2, 0.25) is 0 Å². The Hall–Kier alpha value is 0.610. The van der Waals surface area contributed by atoms with E-state index in [1.54, 1.807) is 0 Å². The predicted molar refractivity (Wildman–Crippen MR) is 27.4 cm³/mol. The Bertz CT molecular complexity index is 50.0. The minimum atomic E-state index is -0.362.